The Morgan fingerprint density at radius 3 is 2.54 bits per heavy atom. The van der Waals surface area contributed by atoms with Crippen LogP contribution in [0.5, 0.6) is 5.75 Å². The number of piperazine rings is 1. The first kappa shape index (κ1) is 24.8. The molecule has 6 nitrogen and oxygen atoms in total. The molecule has 1 aliphatic heterocycles. The largest absolute Gasteiger partial charge is 0.503 e. The first-order chi connectivity index (χ1) is 17.7. The number of alkyl halides is 3. The van der Waals surface area contributed by atoms with E-state index in [2.05, 4.69) is 32.8 Å². The van der Waals surface area contributed by atoms with Crippen LogP contribution in [-0.4, -0.2) is 47.6 Å². The molecule has 0 aliphatic carbocycles. The summed E-state index contributed by atoms with van der Waals surface area (Å²) in [5.74, 6) is -5.01. The van der Waals surface area contributed by atoms with Gasteiger partial charge in [0.1, 0.15) is 5.69 Å². The predicted octanol–water partition coefficient (Wildman–Crippen LogP) is 5.09. The summed E-state index contributed by atoms with van der Waals surface area (Å²) >= 11 is 0. The van der Waals surface area contributed by atoms with Gasteiger partial charge in [-0.25, -0.2) is 13.5 Å². The average molecular weight is 518 g/mol. The lowest BCUT2D eigenvalue weighted by atomic mass is 10.0. The zero-order valence-corrected chi connectivity index (χ0v) is 19.8. The number of aromatic nitrogens is 2. The first-order valence-electron chi connectivity index (χ1n) is 11.7. The number of hydrogen-bond donors (Lipinski definition) is 3. The highest BCUT2D eigenvalue weighted by atomic mass is 19.4. The number of fused-ring (bicyclic) bond motifs is 1. The van der Waals surface area contributed by atoms with Gasteiger partial charge in [0.25, 0.3) is 0 Å². The van der Waals surface area contributed by atoms with Gasteiger partial charge < -0.3 is 20.6 Å². The fourth-order valence-electron chi connectivity index (χ4n) is 4.79. The van der Waals surface area contributed by atoms with Crippen LogP contribution in [-0.2, 0) is 12.6 Å². The van der Waals surface area contributed by atoms with Crippen molar-refractivity contribution in [2.75, 3.05) is 36.9 Å². The zero-order chi connectivity index (χ0) is 26.3. The Morgan fingerprint density at radius 1 is 1.08 bits per heavy atom. The molecule has 0 saturated carbocycles. The Hall–Kier alpha value is -3.86. The number of hydrogen-bond acceptors (Lipinski definition) is 5. The molecule has 0 amide bonds. The van der Waals surface area contributed by atoms with E-state index < -0.39 is 34.8 Å². The Morgan fingerprint density at radius 2 is 1.84 bits per heavy atom. The van der Waals surface area contributed by atoms with E-state index in [0.717, 1.165) is 36.4 Å². The lowest BCUT2D eigenvalue weighted by Gasteiger charge is -2.38. The molecule has 3 aromatic carbocycles. The van der Waals surface area contributed by atoms with Gasteiger partial charge >= 0.3 is 6.18 Å². The fourth-order valence-corrected chi connectivity index (χ4v) is 4.79. The number of aromatic hydroxyl groups is 1. The van der Waals surface area contributed by atoms with Crippen molar-refractivity contribution in [3.8, 4) is 11.4 Å². The van der Waals surface area contributed by atoms with Crippen LogP contribution in [0.3, 0.4) is 0 Å². The highest BCUT2D eigenvalue weighted by Gasteiger charge is 2.38. The van der Waals surface area contributed by atoms with Crippen LogP contribution in [0.1, 0.15) is 11.1 Å². The maximum Gasteiger partial charge on any atom is 0.419 e. The Balaban J connectivity index is 1.59. The molecule has 1 atom stereocenters. The smallest absolute Gasteiger partial charge is 0.419 e. The van der Waals surface area contributed by atoms with Gasteiger partial charge in [-0.15, -0.1) is 5.10 Å². The molecule has 1 fully saturated rings. The maximum atomic E-state index is 14.8. The lowest BCUT2D eigenvalue weighted by molar-refractivity contribution is -0.140. The normalized spacial score (nSPS) is 16.4. The standard InChI is InChI=1S/C26H24F5N5O/c1-32-25-18-12-16(35-10-9-33-14-17(35)11-15-5-3-2-4-6-15)7-8-20(18)36(34-25)21-13-19(26(29,30)31)22(27)24(37)23(21)28/h2-8,12-13,17,33,37H,9-11,14H2,1H3,(H,32,34)/t17-/m1/s1. The second-order valence-electron chi connectivity index (χ2n) is 8.87. The van der Waals surface area contributed by atoms with Crippen LogP contribution < -0.4 is 15.5 Å². The van der Waals surface area contributed by atoms with Crippen LogP contribution >= 0.6 is 0 Å². The molecule has 1 aliphatic rings. The number of phenolic OH excluding ortho intramolecular Hbond substituents is 1. The molecule has 0 unspecified atom stereocenters. The van der Waals surface area contributed by atoms with Crippen molar-refractivity contribution < 1.29 is 27.1 Å². The SMILES string of the molecule is CNc1nn(-c2cc(C(F)(F)F)c(F)c(O)c2F)c2ccc(N3CCNC[C@H]3Cc3ccccc3)cc12. The molecule has 1 aromatic heterocycles. The number of anilines is 2. The minimum absolute atomic E-state index is 0.155. The molecule has 11 heteroatoms. The number of nitrogens with zero attached hydrogens (tertiary/aromatic N) is 3. The van der Waals surface area contributed by atoms with Crippen molar-refractivity contribution in [2.24, 2.45) is 0 Å². The molecular formula is C26H24F5N5O. The van der Waals surface area contributed by atoms with Gasteiger partial charge in [0.05, 0.1) is 11.1 Å². The minimum atomic E-state index is -5.14. The van der Waals surface area contributed by atoms with E-state index in [9.17, 15) is 27.1 Å². The Kier molecular flexibility index (Phi) is 6.40. The number of phenols is 1. The predicted molar refractivity (Wildman–Crippen MR) is 131 cm³/mol. The van der Waals surface area contributed by atoms with Gasteiger partial charge in [-0.2, -0.15) is 13.2 Å². The summed E-state index contributed by atoms with van der Waals surface area (Å²) in [5, 5.41) is 20.9. The van der Waals surface area contributed by atoms with E-state index in [1.165, 1.54) is 5.56 Å². The van der Waals surface area contributed by atoms with Crippen LogP contribution in [0.15, 0.2) is 54.6 Å². The van der Waals surface area contributed by atoms with Crippen LogP contribution in [0.4, 0.5) is 33.5 Å². The first-order valence-corrected chi connectivity index (χ1v) is 11.7. The molecule has 0 spiro atoms. The molecule has 3 N–H and O–H groups in total. The van der Waals surface area contributed by atoms with Crippen molar-refractivity contribution in [3.63, 3.8) is 0 Å². The van der Waals surface area contributed by atoms with Crippen molar-refractivity contribution >= 4 is 22.4 Å². The van der Waals surface area contributed by atoms with Gasteiger partial charge in [0, 0.05) is 43.8 Å². The second kappa shape index (κ2) is 9.55. The highest BCUT2D eigenvalue weighted by Crippen LogP contribution is 2.40. The number of benzene rings is 3. The lowest BCUT2D eigenvalue weighted by Crippen LogP contribution is -2.52. The third-order valence-corrected chi connectivity index (χ3v) is 6.59. The third kappa shape index (κ3) is 4.55. The number of halogens is 5. The number of rotatable bonds is 5. The van der Waals surface area contributed by atoms with E-state index in [1.54, 1.807) is 19.2 Å². The van der Waals surface area contributed by atoms with Crippen LogP contribution in [0.2, 0.25) is 0 Å². The Labute approximate surface area is 209 Å². The summed E-state index contributed by atoms with van der Waals surface area (Å²) in [4.78, 5) is 2.26. The molecule has 5 rings (SSSR count). The average Bonchev–Trinajstić information content (AvgIpc) is 3.25. The zero-order valence-electron chi connectivity index (χ0n) is 19.8. The summed E-state index contributed by atoms with van der Waals surface area (Å²) in [6.07, 6.45) is -4.33. The van der Waals surface area contributed by atoms with Gasteiger partial charge in [0.2, 0.25) is 0 Å². The van der Waals surface area contributed by atoms with E-state index in [-0.39, 0.29) is 6.04 Å². The van der Waals surface area contributed by atoms with Crippen LogP contribution in [0.25, 0.3) is 16.6 Å². The van der Waals surface area contributed by atoms with Gasteiger partial charge in [-0.1, -0.05) is 30.3 Å². The van der Waals surface area contributed by atoms with Crippen molar-refractivity contribution in [3.05, 3.63) is 77.4 Å². The Bertz CT molecular complexity index is 1440. The van der Waals surface area contributed by atoms with Crippen molar-refractivity contribution in [1.82, 2.24) is 15.1 Å². The van der Waals surface area contributed by atoms with E-state index in [1.807, 2.05) is 24.3 Å². The topological polar surface area (TPSA) is 65.3 Å². The summed E-state index contributed by atoms with van der Waals surface area (Å²) < 4.78 is 69.9. The molecule has 0 bridgehead atoms. The molecular weight excluding hydrogens is 493 g/mol. The van der Waals surface area contributed by atoms with Crippen LogP contribution in [0, 0.1) is 11.6 Å². The van der Waals surface area contributed by atoms with E-state index in [4.69, 9.17) is 0 Å². The fraction of sp³-hybridized carbons (Fsp3) is 0.269. The minimum Gasteiger partial charge on any atom is -0.503 e. The van der Waals surface area contributed by atoms with Gasteiger partial charge in [-0.3, -0.25) is 0 Å². The highest BCUT2D eigenvalue weighted by molar-refractivity contribution is 5.94. The maximum absolute atomic E-state index is 14.8. The summed E-state index contributed by atoms with van der Waals surface area (Å²) in [7, 11) is 1.58. The second-order valence-corrected chi connectivity index (χ2v) is 8.87. The molecule has 37 heavy (non-hydrogen) atoms. The van der Waals surface area contributed by atoms with Gasteiger partial charge in [0.15, 0.2) is 23.2 Å². The molecule has 0 radical (unpaired) electrons. The molecule has 1 saturated heterocycles. The monoisotopic (exact) mass is 517 g/mol. The third-order valence-electron chi connectivity index (χ3n) is 6.59. The van der Waals surface area contributed by atoms with Crippen molar-refractivity contribution in [2.45, 2.75) is 18.6 Å². The van der Waals surface area contributed by atoms with Gasteiger partial charge in [-0.05, 0) is 36.2 Å². The van der Waals surface area contributed by atoms with E-state index >= 15 is 0 Å². The van der Waals surface area contributed by atoms with E-state index in [0.29, 0.717) is 22.8 Å². The molecule has 2 heterocycles. The molecule has 194 valence electrons. The summed E-state index contributed by atoms with van der Waals surface area (Å²) in [6.45, 7) is 2.29. The summed E-state index contributed by atoms with van der Waals surface area (Å²) in [5.41, 5.74) is -0.129. The quantitative estimate of drug-likeness (QED) is 0.322. The van der Waals surface area contributed by atoms with Crippen molar-refractivity contribution in [1.29, 1.82) is 0 Å². The summed E-state index contributed by atoms with van der Waals surface area (Å²) in [6, 6.07) is 15.8. The molecule has 4 aromatic rings. The number of nitrogens with one attached hydrogen (secondary N) is 2.